The van der Waals surface area contributed by atoms with Gasteiger partial charge in [-0.05, 0) is 6.92 Å². The lowest BCUT2D eigenvalue weighted by molar-refractivity contribution is 0.361. The Balaban J connectivity index is 1.79. The molecule has 0 aromatic carbocycles. The predicted octanol–water partition coefficient (Wildman–Crippen LogP) is 2.17. The summed E-state index contributed by atoms with van der Waals surface area (Å²) in [4.78, 5) is 4.02. The Morgan fingerprint density at radius 2 is 2.22 bits per heavy atom. The molecule has 2 rings (SSSR count). The maximum atomic E-state index is 5.26. The van der Waals surface area contributed by atoms with Crippen LogP contribution in [0.1, 0.15) is 38.1 Å². The lowest BCUT2D eigenvalue weighted by Crippen LogP contribution is -2.29. The van der Waals surface area contributed by atoms with Crippen molar-refractivity contribution in [2.75, 3.05) is 0 Å². The summed E-state index contributed by atoms with van der Waals surface area (Å²) in [5.74, 6) is 1.32. The van der Waals surface area contributed by atoms with Gasteiger partial charge in [-0.25, -0.2) is 4.98 Å². The van der Waals surface area contributed by atoms with Gasteiger partial charge in [-0.15, -0.1) is 0 Å². The fourth-order valence-corrected chi connectivity index (χ4v) is 1.74. The highest BCUT2D eigenvalue weighted by Crippen LogP contribution is 2.14. The van der Waals surface area contributed by atoms with Gasteiger partial charge in [0.1, 0.15) is 5.76 Å². The van der Waals surface area contributed by atoms with Gasteiger partial charge < -0.3 is 14.4 Å². The Hall–Kier alpha value is -1.62. The van der Waals surface area contributed by atoms with Crippen LogP contribution in [-0.2, 0) is 13.1 Å². The minimum atomic E-state index is 0.360. The van der Waals surface area contributed by atoms with Crippen molar-refractivity contribution >= 4 is 0 Å². The van der Waals surface area contributed by atoms with Crippen molar-refractivity contribution in [1.29, 1.82) is 0 Å². The number of aromatic nitrogens is 3. The molecule has 0 radical (unpaired) electrons. The molecule has 2 aromatic rings. The highest BCUT2D eigenvalue weighted by atomic mass is 16.5. The van der Waals surface area contributed by atoms with Crippen molar-refractivity contribution in [1.82, 2.24) is 20.0 Å². The molecule has 5 heteroatoms. The molecule has 5 nitrogen and oxygen atoms in total. The van der Waals surface area contributed by atoms with E-state index in [0.717, 1.165) is 24.5 Å². The monoisotopic (exact) mass is 248 g/mol. The SMILES string of the molecule is CC(C)c1cc(CN[C@H](C)Cn2ccnc2)no1. The van der Waals surface area contributed by atoms with Crippen molar-refractivity contribution < 1.29 is 4.52 Å². The third kappa shape index (κ3) is 3.43. The zero-order chi connectivity index (χ0) is 13.0. The first-order valence-corrected chi connectivity index (χ1v) is 6.29. The topological polar surface area (TPSA) is 55.9 Å². The van der Waals surface area contributed by atoms with Gasteiger partial charge >= 0.3 is 0 Å². The van der Waals surface area contributed by atoms with E-state index in [1.165, 1.54) is 0 Å². The molecule has 0 aliphatic rings. The van der Waals surface area contributed by atoms with E-state index >= 15 is 0 Å². The molecule has 98 valence electrons. The number of nitrogens with zero attached hydrogens (tertiary/aromatic N) is 3. The molecule has 0 fully saturated rings. The van der Waals surface area contributed by atoms with Gasteiger partial charge in [-0.2, -0.15) is 0 Å². The standard InChI is InChI=1S/C13H20N4O/c1-10(2)13-6-12(16-18-13)7-15-11(3)8-17-5-4-14-9-17/h4-6,9-11,15H,7-8H2,1-3H3/t11-/m1/s1. The van der Waals surface area contributed by atoms with Gasteiger partial charge in [0.25, 0.3) is 0 Å². The van der Waals surface area contributed by atoms with E-state index in [0.29, 0.717) is 12.0 Å². The summed E-state index contributed by atoms with van der Waals surface area (Å²) >= 11 is 0. The molecule has 0 amide bonds. The van der Waals surface area contributed by atoms with Gasteiger partial charge in [0.2, 0.25) is 0 Å². The van der Waals surface area contributed by atoms with Crippen LogP contribution in [0.15, 0.2) is 29.3 Å². The van der Waals surface area contributed by atoms with E-state index in [1.54, 1.807) is 6.20 Å². The first kappa shape index (κ1) is 12.8. The zero-order valence-electron chi connectivity index (χ0n) is 11.1. The fraction of sp³-hybridized carbons (Fsp3) is 0.538. The van der Waals surface area contributed by atoms with E-state index in [1.807, 2.05) is 18.6 Å². The Bertz CT molecular complexity index is 461. The molecular formula is C13H20N4O. The molecule has 1 atom stereocenters. The average molecular weight is 248 g/mol. The third-order valence-corrected chi connectivity index (χ3v) is 2.82. The quantitative estimate of drug-likeness (QED) is 0.851. The van der Waals surface area contributed by atoms with E-state index in [2.05, 4.69) is 40.8 Å². The van der Waals surface area contributed by atoms with Crippen LogP contribution in [0.4, 0.5) is 0 Å². The molecular weight excluding hydrogens is 228 g/mol. The molecule has 0 saturated carbocycles. The van der Waals surface area contributed by atoms with Crippen LogP contribution in [0, 0.1) is 0 Å². The van der Waals surface area contributed by atoms with E-state index in [4.69, 9.17) is 4.52 Å². The van der Waals surface area contributed by atoms with Crippen LogP contribution in [-0.4, -0.2) is 20.7 Å². The van der Waals surface area contributed by atoms with E-state index < -0.39 is 0 Å². The predicted molar refractivity (Wildman–Crippen MR) is 69.1 cm³/mol. The lowest BCUT2D eigenvalue weighted by Gasteiger charge is -2.12. The first-order valence-electron chi connectivity index (χ1n) is 6.29. The van der Waals surface area contributed by atoms with Crippen LogP contribution in [0.5, 0.6) is 0 Å². The van der Waals surface area contributed by atoms with Gasteiger partial charge in [0.15, 0.2) is 0 Å². The number of hydrogen-bond donors (Lipinski definition) is 1. The van der Waals surface area contributed by atoms with Gasteiger partial charge in [0, 0.05) is 43.5 Å². The highest BCUT2D eigenvalue weighted by molar-refractivity contribution is 5.08. The maximum absolute atomic E-state index is 5.26. The largest absolute Gasteiger partial charge is 0.361 e. The molecule has 0 bridgehead atoms. The zero-order valence-corrected chi connectivity index (χ0v) is 11.1. The van der Waals surface area contributed by atoms with Gasteiger partial charge in [0.05, 0.1) is 12.0 Å². The summed E-state index contributed by atoms with van der Waals surface area (Å²) in [6, 6.07) is 2.38. The molecule has 0 saturated heterocycles. The van der Waals surface area contributed by atoms with Crippen LogP contribution < -0.4 is 5.32 Å². The molecule has 2 aromatic heterocycles. The Labute approximate surface area is 107 Å². The normalized spacial score (nSPS) is 13.1. The number of imidazole rings is 1. The minimum absolute atomic E-state index is 0.360. The Morgan fingerprint density at radius 1 is 1.39 bits per heavy atom. The number of nitrogens with one attached hydrogen (secondary N) is 1. The van der Waals surface area contributed by atoms with Crippen molar-refractivity contribution in [2.45, 2.75) is 45.8 Å². The number of hydrogen-bond acceptors (Lipinski definition) is 4. The molecule has 18 heavy (non-hydrogen) atoms. The summed E-state index contributed by atoms with van der Waals surface area (Å²) in [7, 11) is 0. The molecule has 0 aliphatic heterocycles. The highest BCUT2D eigenvalue weighted by Gasteiger charge is 2.09. The maximum Gasteiger partial charge on any atom is 0.139 e. The summed E-state index contributed by atoms with van der Waals surface area (Å²) in [6.45, 7) is 7.96. The van der Waals surface area contributed by atoms with Crippen molar-refractivity contribution in [2.24, 2.45) is 0 Å². The van der Waals surface area contributed by atoms with E-state index in [-0.39, 0.29) is 0 Å². The second-order valence-corrected chi connectivity index (χ2v) is 4.92. The molecule has 2 heterocycles. The van der Waals surface area contributed by atoms with Gasteiger partial charge in [-0.3, -0.25) is 0 Å². The molecule has 0 spiro atoms. The lowest BCUT2D eigenvalue weighted by atomic mass is 10.1. The Morgan fingerprint density at radius 3 is 2.83 bits per heavy atom. The first-order chi connectivity index (χ1) is 8.65. The summed E-state index contributed by atoms with van der Waals surface area (Å²) in [5, 5.41) is 7.47. The van der Waals surface area contributed by atoms with E-state index in [9.17, 15) is 0 Å². The Kier molecular flexibility index (Phi) is 4.15. The summed E-state index contributed by atoms with van der Waals surface area (Å²) in [5.41, 5.74) is 0.955. The van der Waals surface area contributed by atoms with Crippen molar-refractivity contribution in [3.05, 3.63) is 36.2 Å². The fourth-order valence-electron chi connectivity index (χ4n) is 1.74. The third-order valence-electron chi connectivity index (χ3n) is 2.82. The van der Waals surface area contributed by atoms with Crippen LogP contribution >= 0.6 is 0 Å². The van der Waals surface area contributed by atoms with Crippen LogP contribution in [0.3, 0.4) is 0 Å². The van der Waals surface area contributed by atoms with Crippen LogP contribution in [0.25, 0.3) is 0 Å². The van der Waals surface area contributed by atoms with Crippen molar-refractivity contribution in [3.63, 3.8) is 0 Å². The average Bonchev–Trinajstić information content (AvgIpc) is 2.96. The summed E-state index contributed by atoms with van der Waals surface area (Å²) < 4.78 is 7.31. The number of rotatable bonds is 6. The smallest absolute Gasteiger partial charge is 0.139 e. The summed E-state index contributed by atoms with van der Waals surface area (Å²) in [6.07, 6.45) is 5.58. The second kappa shape index (κ2) is 5.82. The van der Waals surface area contributed by atoms with Gasteiger partial charge in [-0.1, -0.05) is 19.0 Å². The second-order valence-electron chi connectivity index (χ2n) is 4.92. The molecule has 0 aliphatic carbocycles. The molecule has 1 N–H and O–H groups in total. The van der Waals surface area contributed by atoms with Crippen LogP contribution in [0.2, 0.25) is 0 Å². The minimum Gasteiger partial charge on any atom is -0.361 e. The molecule has 0 unspecified atom stereocenters. The van der Waals surface area contributed by atoms with Crippen molar-refractivity contribution in [3.8, 4) is 0 Å².